The summed E-state index contributed by atoms with van der Waals surface area (Å²) in [5.41, 5.74) is 0.412. The molecule has 1 amide bonds. The lowest BCUT2D eigenvalue weighted by Gasteiger charge is -2.26. The van der Waals surface area contributed by atoms with Gasteiger partial charge in [-0.1, -0.05) is 0 Å². The van der Waals surface area contributed by atoms with Gasteiger partial charge in [0.25, 0.3) is 5.91 Å². The van der Waals surface area contributed by atoms with Crippen LogP contribution in [-0.4, -0.2) is 70.7 Å². The van der Waals surface area contributed by atoms with E-state index in [2.05, 4.69) is 0 Å². The van der Waals surface area contributed by atoms with Gasteiger partial charge < -0.3 is 9.64 Å². The summed E-state index contributed by atoms with van der Waals surface area (Å²) < 4.78 is 53.3. The number of ether oxygens (including phenoxy) is 1. The molecule has 0 bridgehead atoms. The number of benzene rings is 1. The fraction of sp³-hybridized carbons (Fsp3) is 0.533. The fourth-order valence-electron chi connectivity index (χ4n) is 2.93. The molecule has 0 spiro atoms. The van der Waals surface area contributed by atoms with Gasteiger partial charge in [0.2, 0.25) is 0 Å². The second-order valence-electron chi connectivity index (χ2n) is 6.00. The highest BCUT2D eigenvalue weighted by Gasteiger charge is 2.38. The molecule has 0 aliphatic carbocycles. The number of carbonyl (C=O) groups excluding carboxylic acids is 1. The summed E-state index contributed by atoms with van der Waals surface area (Å²) in [6, 6.07) is 5.73. The molecule has 2 heterocycles. The molecule has 1 aromatic rings. The van der Waals surface area contributed by atoms with Crippen LogP contribution in [-0.2, 0) is 24.4 Å². The molecule has 132 valence electrons. The SMILES string of the molecule is O=C(c1ccc(S(=O)(=O)[C@H]2CCS(=O)(=O)C2)cc1)N1CCOCC1. The summed E-state index contributed by atoms with van der Waals surface area (Å²) in [6.45, 7) is 2.01. The van der Waals surface area contributed by atoms with Crippen LogP contribution in [0.4, 0.5) is 0 Å². The van der Waals surface area contributed by atoms with Crippen LogP contribution >= 0.6 is 0 Å². The number of hydrogen-bond acceptors (Lipinski definition) is 6. The van der Waals surface area contributed by atoms with Gasteiger partial charge in [0.15, 0.2) is 19.7 Å². The lowest BCUT2D eigenvalue weighted by atomic mass is 10.2. The van der Waals surface area contributed by atoms with Crippen LogP contribution in [0.2, 0.25) is 0 Å². The number of sulfone groups is 2. The summed E-state index contributed by atoms with van der Waals surface area (Å²) in [4.78, 5) is 14.1. The standard InChI is InChI=1S/C15H19NO6S2/c17-15(16-6-8-22-9-7-16)12-1-3-13(4-2-12)24(20,21)14-5-10-23(18,19)11-14/h1-4,14H,5-11H2/t14-/m0/s1. The van der Waals surface area contributed by atoms with Gasteiger partial charge in [-0.25, -0.2) is 16.8 Å². The molecule has 9 heteroatoms. The Balaban J connectivity index is 1.77. The second-order valence-corrected chi connectivity index (χ2v) is 10.5. The molecule has 0 radical (unpaired) electrons. The van der Waals surface area contributed by atoms with Crippen molar-refractivity contribution in [1.29, 1.82) is 0 Å². The molecule has 3 rings (SSSR count). The molecular weight excluding hydrogens is 354 g/mol. The molecule has 2 fully saturated rings. The van der Waals surface area contributed by atoms with E-state index < -0.39 is 24.9 Å². The zero-order valence-corrected chi connectivity index (χ0v) is 14.7. The minimum atomic E-state index is -3.70. The molecule has 24 heavy (non-hydrogen) atoms. The molecule has 2 aliphatic heterocycles. The molecule has 2 aliphatic rings. The highest BCUT2D eigenvalue weighted by molar-refractivity contribution is 7.96. The van der Waals surface area contributed by atoms with Crippen molar-refractivity contribution in [1.82, 2.24) is 4.90 Å². The van der Waals surface area contributed by atoms with Crippen molar-refractivity contribution in [3.8, 4) is 0 Å². The van der Waals surface area contributed by atoms with Gasteiger partial charge in [-0.05, 0) is 30.7 Å². The normalized spacial score (nSPS) is 24.0. The minimum Gasteiger partial charge on any atom is -0.378 e. The zero-order chi connectivity index (χ0) is 17.4. The summed E-state index contributed by atoms with van der Waals surface area (Å²) in [7, 11) is -6.98. The van der Waals surface area contributed by atoms with E-state index in [1.807, 2.05) is 0 Å². The van der Waals surface area contributed by atoms with Crippen molar-refractivity contribution < 1.29 is 26.4 Å². The van der Waals surface area contributed by atoms with E-state index in [9.17, 15) is 21.6 Å². The molecule has 2 saturated heterocycles. The van der Waals surface area contributed by atoms with E-state index in [-0.39, 0.29) is 28.7 Å². The van der Waals surface area contributed by atoms with E-state index in [0.29, 0.717) is 31.9 Å². The smallest absolute Gasteiger partial charge is 0.254 e. The Morgan fingerprint density at radius 2 is 1.75 bits per heavy atom. The summed E-state index contributed by atoms with van der Waals surface area (Å²) in [6.07, 6.45) is 0.124. The van der Waals surface area contributed by atoms with Gasteiger partial charge in [0, 0.05) is 18.7 Å². The van der Waals surface area contributed by atoms with Crippen molar-refractivity contribution in [2.75, 3.05) is 37.8 Å². The van der Waals surface area contributed by atoms with Crippen molar-refractivity contribution >= 4 is 25.6 Å². The first-order valence-electron chi connectivity index (χ1n) is 7.71. The Labute approximate surface area is 141 Å². The average molecular weight is 373 g/mol. The maximum atomic E-state index is 12.5. The number of nitrogens with zero attached hydrogens (tertiary/aromatic N) is 1. The first kappa shape index (κ1) is 17.4. The molecule has 0 saturated carbocycles. The van der Waals surface area contributed by atoms with Crippen molar-refractivity contribution in [2.45, 2.75) is 16.6 Å². The third-order valence-corrected chi connectivity index (χ3v) is 8.55. The Hall–Kier alpha value is -1.45. The Kier molecular flexibility index (Phi) is 4.67. The van der Waals surface area contributed by atoms with E-state index in [1.165, 1.54) is 24.3 Å². The van der Waals surface area contributed by atoms with Crippen LogP contribution in [0.5, 0.6) is 0 Å². The monoisotopic (exact) mass is 373 g/mol. The Morgan fingerprint density at radius 1 is 1.12 bits per heavy atom. The second kappa shape index (κ2) is 6.45. The Bertz CT molecular complexity index is 823. The lowest BCUT2D eigenvalue weighted by Crippen LogP contribution is -2.40. The molecular formula is C15H19NO6S2. The maximum absolute atomic E-state index is 12.5. The third kappa shape index (κ3) is 3.47. The molecule has 1 aromatic carbocycles. The predicted molar refractivity (Wildman–Crippen MR) is 87.4 cm³/mol. The summed E-state index contributed by atoms with van der Waals surface area (Å²) in [5.74, 6) is -0.584. The minimum absolute atomic E-state index is 0.0585. The van der Waals surface area contributed by atoms with Crippen LogP contribution in [0.1, 0.15) is 16.8 Å². The molecule has 7 nitrogen and oxygen atoms in total. The molecule has 0 aromatic heterocycles. The highest BCUT2D eigenvalue weighted by atomic mass is 32.2. The molecule has 0 N–H and O–H groups in total. The van der Waals surface area contributed by atoms with Gasteiger partial charge in [-0.2, -0.15) is 0 Å². The molecule has 1 atom stereocenters. The third-order valence-electron chi connectivity index (χ3n) is 4.36. The zero-order valence-electron chi connectivity index (χ0n) is 13.0. The molecule has 0 unspecified atom stereocenters. The average Bonchev–Trinajstić information content (AvgIpc) is 2.96. The van der Waals surface area contributed by atoms with Gasteiger partial charge in [0.1, 0.15) is 0 Å². The van der Waals surface area contributed by atoms with E-state index in [4.69, 9.17) is 4.74 Å². The van der Waals surface area contributed by atoms with Gasteiger partial charge in [0.05, 0.1) is 34.9 Å². The number of hydrogen-bond donors (Lipinski definition) is 0. The van der Waals surface area contributed by atoms with Gasteiger partial charge >= 0.3 is 0 Å². The lowest BCUT2D eigenvalue weighted by molar-refractivity contribution is 0.0303. The quantitative estimate of drug-likeness (QED) is 0.746. The van der Waals surface area contributed by atoms with Crippen molar-refractivity contribution in [3.63, 3.8) is 0 Å². The van der Waals surface area contributed by atoms with Crippen LogP contribution in [0.15, 0.2) is 29.2 Å². The topological polar surface area (TPSA) is 97.8 Å². The van der Waals surface area contributed by atoms with Gasteiger partial charge in [-0.15, -0.1) is 0 Å². The van der Waals surface area contributed by atoms with E-state index in [0.717, 1.165) is 0 Å². The van der Waals surface area contributed by atoms with E-state index >= 15 is 0 Å². The van der Waals surface area contributed by atoms with E-state index in [1.54, 1.807) is 4.90 Å². The Morgan fingerprint density at radius 3 is 2.29 bits per heavy atom. The van der Waals surface area contributed by atoms with Crippen LogP contribution < -0.4 is 0 Å². The summed E-state index contributed by atoms with van der Waals surface area (Å²) >= 11 is 0. The first-order chi connectivity index (χ1) is 11.3. The first-order valence-corrected chi connectivity index (χ1v) is 11.1. The largest absolute Gasteiger partial charge is 0.378 e. The maximum Gasteiger partial charge on any atom is 0.254 e. The number of amides is 1. The van der Waals surface area contributed by atoms with Crippen LogP contribution in [0.3, 0.4) is 0 Å². The van der Waals surface area contributed by atoms with Crippen molar-refractivity contribution in [2.24, 2.45) is 0 Å². The van der Waals surface area contributed by atoms with Crippen LogP contribution in [0.25, 0.3) is 0 Å². The fourth-order valence-corrected chi connectivity index (χ4v) is 7.29. The van der Waals surface area contributed by atoms with Crippen LogP contribution in [0, 0.1) is 0 Å². The van der Waals surface area contributed by atoms with Gasteiger partial charge in [-0.3, -0.25) is 4.79 Å². The predicted octanol–water partition coefficient (Wildman–Crippen LogP) is 0.120. The number of rotatable bonds is 3. The highest BCUT2D eigenvalue weighted by Crippen LogP contribution is 2.25. The number of morpholine rings is 1. The summed E-state index contributed by atoms with van der Waals surface area (Å²) in [5, 5.41) is -0.900. The number of carbonyl (C=O) groups is 1. The van der Waals surface area contributed by atoms with Crippen molar-refractivity contribution in [3.05, 3.63) is 29.8 Å².